The second-order valence-corrected chi connectivity index (χ2v) is 5.16. The molecule has 0 fully saturated rings. The number of fused-ring (bicyclic) bond motifs is 1. The first-order valence-corrected chi connectivity index (χ1v) is 7.65. The number of imidazole rings is 1. The Hall–Kier alpha value is -3.15. The lowest BCUT2D eigenvalue weighted by atomic mass is 10.2. The van der Waals surface area contributed by atoms with Crippen LogP contribution in [0.15, 0.2) is 54.9 Å². The highest BCUT2D eigenvalue weighted by molar-refractivity contribution is 5.96. The van der Waals surface area contributed by atoms with Crippen LogP contribution in [0.2, 0.25) is 0 Å². The van der Waals surface area contributed by atoms with E-state index < -0.39 is 5.97 Å². The average molecular weight is 323 g/mol. The van der Waals surface area contributed by atoms with Crippen molar-refractivity contribution in [3.63, 3.8) is 0 Å². The first-order chi connectivity index (χ1) is 11.7. The van der Waals surface area contributed by atoms with Crippen molar-refractivity contribution in [2.24, 2.45) is 0 Å². The highest BCUT2D eigenvalue weighted by atomic mass is 16.5. The van der Waals surface area contributed by atoms with Crippen molar-refractivity contribution in [3.8, 4) is 11.3 Å². The van der Waals surface area contributed by atoms with Crippen molar-refractivity contribution < 1.29 is 14.3 Å². The minimum atomic E-state index is -0.459. The number of amides is 1. The van der Waals surface area contributed by atoms with Gasteiger partial charge in [0.1, 0.15) is 12.2 Å². The SMILES string of the molecule is CCOC(=O)CNC(=O)c1ccn2cc(-c3ccccc3)nc2c1. The molecule has 122 valence electrons. The van der Waals surface area contributed by atoms with E-state index in [4.69, 9.17) is 4.74 Å². The van der Waals surface area contributed by atoms with Gasteiger partial charge in [0.05, 0.1) is 12.3 Å². The summed E-state index contributed by atoms with van der Waals surface area (Å²) in [4.78, 5) is 28.0. The Morgan fingerprint density at radius 3 is 2.75 bits per heavy atom. The number of carbonyl (C=O) groups excluding carboxylic acids is 2. The smallest absolute Gasteiger partial charge is 0.325 e. The van der Waals surface area contributed by atoms with Gasteiger partial charge >= 0.3 is 5.97 Å². The van der Waals surface area contributed by atoms with E-state index in [0.717, 1.165) is 11.3 Å². The molecule has 1 aromatic carbocycles. The molecule has 1 N–H and O–H groups in total. The number of nitrogens with zero attached hydrogens (tertiary/aromatic N) is 2. The van der Waals surface area contributed by atoms with Gasteiger partial charge in [-0.1, -0.05) is 30.3 Å². The third-order valence-electron chi connectivity index (χ3n) is 3.49. The zero-order valence-electron chi connectivity index (χ0n) is 13.2. The fourth-order valence-corrected chi connectivity index (χ4v) is 2.34. The molecule has 0 spiro atoms. The number of nitrogens with one attached hydrogen (secondary N) is 1. The fraction of sp³-hybridized carbons (Fsp3) is 0.167. The largest absolute Gasteiger partial charge is 0.465 e. The van der Waals surface area contributed by atoms with E-state index in [1.807, 2.05) is 40.9 Å². The van der Waals surface area contributed by atoms with E-state index >= 15 is 0 Å². The van der Waals surface area contributed by atoms with E-state index in [-0.39, 0.29) is 19.1 Å². The molecule has 1 amide bonds. The molecule has 0 atom stereocenters. The fourth-order valence-electron chi connectivity index (χ4n) is 2.34. The van der Waals surface area contributed by atoms with Gasteiger partial charge in [0.15, 0.2) is 0 Å². The molecule has 2 heterocycles. The Labute approximate surface area is 139 Å². The topological polar surface area (TPSA) is 72.7 Å². The standard InChI is InChI=1S/C18H17N3O3/c1-2-24-17(22)11-19-18(23)14-8-9-21-12-15(20-16(21)10-14)13-6-4-3-5-7-13/h3-10,12H,2,11H2,1H3,(H,19,23). The number of rotatable bonds is 5. The normalized spacial score (nSPS) is 10.5. The van der Waals surface area contributed by atoms with Crippen LogP contribution in [0.25, 0.3) is 16.9 Å². The average Bonchev–Trinajstić information content (AvgIpc) is 3.04. The number of hydrogen-bond donors (Lipinski definition) is 1. The summed E-state index contributed by atoms with van der Waals surface area (Å²) in [5.41, 5.74) is 2.95. The molecule has 6 heteroatoms. The molecule has 24 heavy (non-hydrogen) atoms. The first kappa shape index (κ1) is 15.7. The second-order valence-electron chi connectivity index (χ2n) is 5.16. The molecule has 0 unspecified atom stereocenters. The van der Waals surface area contributed by atoms with Gasteiger partial charge in [0.2, 0.25) is 0 Å². The number of ether oxygens (including phenoxy) is 1. The molecular formula is C18H17N3O3. The molecule has 0 saturated carbocycles. The summed E-state index contributed by atoms with van der Waals surface area (Å²) in [6.45, 7) is 1.86. The van der Waals surface area contributed by atoms with Crippen molar-refractivity contribution in [2.75, 3.05) is 13.2 Å². The lowest BCUT2D eigenvalue weighted by Crippen LogP contribution is -2.30. The van der Waals surface area contributed by atoms with E-state index in [1.165, 1.54) is 0 Å². The van der Waals surface area contributed by atoms with E-state index in [9.17, 15) is 9.59 Å². The molecule has 0 aliphatic carbocycles. The molecule has 3 aromatic rings. The predicted octanol–water partition coefficient (Wildman–Crippen LogP) is 2.29. The van der Waals surface area contributed by atoms with Gasteiger partial charge in [-0.2, -0.15) is 0 Å². The van der Waals surface area contributed by atoms with Crippen LogP contribution >= 0.6 is 0 Å². The van der Waals surface area contributed by atoms with Crippen molar-refractivity contribution >= 4 is 17.5 Å². The molecule has 0 radical (unpaired) electrons. The van der Waals surface area contributed by atoms with Gasteiger partial charge in [0, 0.05) is 23.5 Å². The second kappa shape index (κ2) is 6.95. The quantitative estimate of drug-likeness (QED) is 0.731. The number of benzene rings is 1. The zero-order valence-corrected chi connectivity index (χ0v) is 13.2. The van der Waals surface area contributed by atoms with Crippen LogP contribution < -0.4 is 5.32 Å². The summed E-state index contributed by atoms with van der Waals surface area (Å²) in [5.74, 6) is -0.797. The third-order valence-corrected chi connectivity index (χ3v) is 3.49. The lowest BCUT2D eigenvalue weighted by molar-refractivity contribution is -0.141. The summed E-state index contributed by atoms with van der Waals surface area (Å²) in [6.07, 6.45) is 3.68. The maximum Gasteiger partial charge on any atom is 0.325 e. The zero-order chi connectivity index (χ0) is 16.9. The number of hydrogen-bond acceptors (Lipinski definition) is 4. The van der Waals surface area contributed by atoms with E-state index in [1.54, 1.807) is 25.3 Å². The first-order valence-electron chi connectivity index (χ1n) is 7.65. The molecule has 6 nitrogen and oxygen atoms in total. The molecule has 3 rings (SSSR count). The minimum absolute atomic E-state index is 0.151. The van der Waals surface area contributed by atoms with Crippen molar-refractivity contribution in [2.45, 2.75) is 6.92 Å². The summed E-state index contributed by atoms with van der Waals surface area (Å²) < 4.78 is 6.63. The molecule has 0 bridgehead atoms. The van der Waals surface area contributed by atoms with Gasteiger partial charge in [0.25, 0.3) is 5.91 Å². The van der Waals surface area contributed by atoms with Crippen LogP contribution in [0.3, 0.4) is 0 Å². The van der Waals surface area contributed by atoms with Crippen molar-refractivity contribution in [3.05, 3.63) is 60.4 Å². The monoisotopic (exact) mass is 323 g/mol. The Morgan fingerprint density at radius 2 is 2.00 bits per heavy atom. The van der Waals surface area contributed by atoms with Gasteiger partial charge in [-0.3, -0.25) is 9.59 Å². The summed E-state index contributed by atoms with van der Waals surface area (Å²) in [7, 11) is 0. The van der Waals surface area contributed by atoms with Crippen molar-refractivity contribution in [1.29, 1.82) is 0 Å². The van der Waals surface area contributed by atoms with Crippen LogP contribution in [-0.4, -0.2) is 34.4 Å². The lowest BCUT2D eigenvalue weighted by Gasteiger charge is -2.05. The van der Waals surface area contributed by atoms with Crippen LogP contribution in [0.4, 0.5) is 0 Å². The molecule has 2 aromatic heterocycles. The number of carbonyl (C=O) groups is 2. The van der Waals surface area contributed by atoms with E-state index in [2.05, 4.69) is 10.3 Å². The highest BCUT2D eigenvalue weighted by Gasteiger charge is 2.11. The Bertz CT molecular complexity index is 872. The van der Waals surface area contributed by atoms with E-state index in [0.29, 0.717) is 11.2 Å². The minimum Gasteiger partial charge on any atom is -0.465 e. The molecule has 0 aliphatic rings. The number of pyridine rings is 1. The van der Waals surface area contributed by atoms with Crippen LogP contribution in [0.1, 0.15) is 17.3 Å². The van der Waals surface area contributed by atoms with Gasteiger partial charge in [-0.25, -0.2) is 4.98 Å². The Morgan fingerprint density at radius 1 is 1.21 bits per heavy atom. The summed E-state index contributed by atoms with van der Waals surface area (Å²) in [5, 5.41) is 2.54. The highest BCUT2D eigenvalue weighted by Crippen LogP contribution is 2.19. The van der Waals surface area contributed by atoms with Crippen LogP contribution in [0, 0.1) is 0 Å². The Balaban J connectivity index is 1.78. The van der Waals surface area contributed by atoms with Crippen LogP contribution in [0.5, 0.6) is 0 Å². The maximum absolute atomic E-state index is 12.1. The molecule has 0 aliphatic heterocycles. The summed E-state index contributed by atoms with van der Waals surface area (Å²) >= 11 is 0. The third kappa shape index (κ3) is 3.43. The predicted molar refractivity (Wildman–Crippen MR) is 89.6 cm³/mol. The maximum atomic E-state index is 12.1. The molecular weight excluding hydrogens is 306 g/mol. The Kier molecular flexibility index (Phi) is 4.56. The van der Waals surface area contributed by atoms with Crippen molar-refractivity contribution in [1.82, 2.24) is 14.7 Å². The molecule has 0 saturated heterocycles. The van der Waals surface area contributed by atoms with Gasteiger partial charge < -0.3 is 14.5 Å². The van der Waals surface area contributed by atoms with Crippen LogP contribution in [-0.2, 0) is 9.53 Å². The number of esters is 1. The van der Waals surface area contributed by atoms with Gasteiger partial charge in [-0.05, 0) is 19.1 Å². The van der Waals surface area contributed by atoms with Gasteiger partial charge in [-0.15, -0.1) is 0 Å². The number of aromatic nitrogens is 2. The summed E-state index contributed by atoms with van der Waals surface area (Å²) in [6, 6.07) is 13.2.